The van der Waals surface area contributed by atoms with Crippen LogP contribution >= 0.6 is 94.1 Å². The lowest BCUT2D eigenvalue weighted by molar-refractivity contribution is -0.144. The second-order valence-electron chi connectivity index (χ2n) is 23.7. The Morgan fingerprint density at radius 3 is 1.18 bits per heavy atom. The molecule has 3 N–H and O–H groups in total. The minimum absolute atomic E-state index is 0.0606. The second-order valence-corrected chi connectivity index (χ2v) is 29.4. The van der Waals surface area contributed by atoms with Crippen LogP contribution in [0.3, 0.4) is 0 Å². The van der Waals surface area contributed by atoms with Gasteiger partial charge in [0, 0.05) is 51.4 Å². The van der Waals surface area contributed by atoms with Gasteiger partial charge in [-0.25, -0.2) is 0 Å². The molecule has 5 aliphatic heterocycles. The van der Waals surface area contributed by atoms with E-state index in [1.807, 2.05) is 93.6 Å². The zero-order chi connectivity index (χ0) is 75.8. The molecule has 0 atom stereocenters. The van der Waals surface area contributed by atoms with Gasteiger partial charge in [-0.1, -0.05) is 179 Å². The third-order valence-corrected chi connectivity index (χ3v) is 20.9. The first-order valence-corrected chi connectivity index (χ1v) is 36.0. The van der Waals surface area contributed by atoms with Gasteiger partial charge in [0.1, 0.15) is 52.6 Å². The number of aromatic nitrogens is 1. The van der Waals surface area contributed by atoms with Gasteiger partial charge in [-0.2, -0.15) is 0 Å². The van der Waals surface area contributed by atoms with Crippen LogP contribution in [0.5, 0.6) is 0 Å². The SMILES string of the molecule is C=c1s/c(=C2\C(=O)N(CC(=O)OCc3ccc(C)cc3)c3ccc(Cl)cc32)c(=O)n1CCC(=O)O.Cc1cccc(COC(=O)CN2C(=O)/C(=C3\SC(=S)N(CCC(=O)O)C3=O)c3cc(Cl)ccc32)c1.Cc1cccc(COC(=O)CN2C(=O)/C(=C3\SC(=S)N(CCC(=O)O)C3=O)c3cc(Cl)ccc32)c1. The quantitative estimate of drug-likeness (QED) is 0.0261. The van der Waals surface area contributed by atoms with E-state index in [0.29, 0.717) is 53.5 Å². The van der Waals surface area contributed by atoms with Crippen LogP contribution in [0.2, 0.25) is 15.1 Å². The average molecular weight is 1570 g/mol. The lowest BCUT2D eigenvalue weighted by Gasteiger charge is -2.16. The summed E-state index contributed by atoms with van der Waals surface area (Å²) < 4.78 is 18.1. The number of thioether (sulfide) groups is 2. The number of anilines is 3. The molecule has 5 aliphatic rings. The molecule has 0 saturated carbocycles. The number of fused-ring (bicyclic) bond motifs is 3. The molecule has 0 aliphatic carbocycles. The summed E-state index contributed by atoms with van der Waals surface area (Å²) in [6.45, 7) is 8.48. The van der Waals surface area contributed by atoms with E-state index in [1.54, 1.807) is 54.6 Å². The van der Waals surface area contributed by atoms with Gasteiger partial charge < -0.3 is 29.5 Å². The highest BCUT2D eigenvalue weighted by atomic mass is 35.5. The number of aliphatic carboxylic acids is 3. The first kappa shape index (κ1) is 77.5. The van der Waals surface area contributed by atoms with E-state index in [9.17, 15) is 57.5 Å². The number of hydrogen-bond donors (Lipinski definition) is 3. The summed E-state index contributed by atoms with van der Waals surface area (Å²) in [6.07, 6.45) is -0.835. The predicted octanol–water partition coefficient (Wildman–Crippen LogP) is 9.61. The summed E-state index contributed by atoms with van der Waals surface area (Å²) >= 11 is 31.8. The molecule has 0 bridgehead atoms. The monoisotopic (exact) mass is 1570 g/mol. The molecular formula is C73H59Cl3N6O18S5. The van der Waals surface area contributed by atoms with Crippen molar-refractivity contribution in [3.63, 3.8) is 0 Å². The van der Waals surface area contributed by atoms with Gasteiger partial charge in [-0.05, 0) is 92.1 Å². The molecule has 12 rings (SSSR count). The Balaban J connectivity index is 0.000000169. The maximum Gasteiger partial charge on any atom is 0.326 e. The number of rotatable bonds is 21. The lowest BCUT2D eigenvalue weighted by Crippen LogP contribution is -2.37. The third kappa shape index (κ3) is 18.2. The number of carboxylic acids is 3. The van der Waals surface area contributed by atoms with Gasteiger partial charge >= 0.3 is 35.8 Å². The van der Waals surface area contributed by atoms with Crippen molar-refractivity contribution >= 4 is 208 Å². The van der Waals surface area contributed by atoms with Gasteiger partial charge in [0.2, 0.25) is 0 Å². The number of thiocarbonyl (C=S) groups is 2. The lowest BCUT2D eigenvalue weighted by atomic mass is 10.1. The first-order chi connectivity index (χ1) is 50.0. The Hall–Kier alpha value is -10.1. The van der Waals surface area contributed by atoms with Crippen LogP contribution in [0.1, 0.15) is 69.3 Å². The fraction of sp³-hybridized carbons (Fsp3) is 0.205. The minimum atomic E-state index is -1.07. The van der Waals surface area contributed by atoms with E-state index in [-0.39, 0.29) is 118 Å². The van der Waals surface area contributed by atoms with Gasteiger partial charge in [0.05, 0.1) is 67.5 Å². The van der Waals surface area contributed by atoms with Crippen molar-refractivity contribution in [3.05, 3.63) is 222 Å². The maximum atomic E-state index is 13.4. The number of halogens is 3. The van der Waals surface area contributed by atoms with Gasteiger partial charge in [0.25, 0.3) is 35.1 Å². The largest absolute Gasteiger partial charge is 0.481 e. The van der Waals surface area contributed by atoms with Crippen LogP contribution in [0.4, 0.5) is 17.1 Å². The highest BCUT2D eigenvalue weighted by Crippen LogP contribution is 2.47. The van der Waals surface area contributed by atoms with E-state index < -0.39 is 70.9 Å². The zero-order valence-corrected chi connectivity index (χ0v) is 62.0. The zero-order valence-electron chi connectivity index (χ0n) is 55.6. The van der Waals surface area contributed by atoms with E-state index in [2.05, 4.69) is 6.58 Å². The predicted molar refractivity (Wildman–Crippen MR) is 405 cm³/mol. The fourth-order valence-corrected chi connectivity index (χ4v) is 15.6. The number of ether oxygens (including phenoxy) is 3. The standard InChI is InChI=1S/C25H21ClN2O6S.2C24H19ClN2O6S2/c1-14-3-5-16(6-4-14)13-34-21(31)12-28-19-8-7-17(26)11-18(19)22(24(28)32)23-25(33)27(15(2)35-23)10-9-20(29)30;2*1-13-3-2-4-14(9-13)12-33-19(30)11-27-17-6-5-15(25)10-16(17)20(22(27)31)21-23(32)26(24(34)35-21)8-7-18(28)29/h3-8,11H,2,9-10,12-13H2,1H3,(H,29,30);2*2-6,9-10H,7-8,11-12H2,1H3,(H,28,29)/b23-22-;2*21-20-. The van der Waals surface area contributed by atoms with Crippen molar-refractivity contribution in [1.29, 1.82) is 0 Å². The fourth-order valence-electron chi connectivity index (χ4n) is 11.3. The molecule has 32 heteroatoms. The van der Waals surface area contributed by atoms with Crippen LogP contribution in [0.15, 0.2) is 142 Å². The Kier molecular flexibility index (Phi) is 24.9. The minimum Gasteiger partial charge on any atom is -0.481 e. The molecule has 24 nitrogen and oxygen atoms in total. The van der Waals surface area contributed by atoms with Crippen LogP contribution < -0.4 is 29.5 Å². The summed E-state index contributed by atoms with van der Waals surface area (Å²) in [5.74, 6) is -7.82. The van der Waals surface area contributed by atoms with Crippen LogP contribution in [0, 0.1) is 20.8 Å². The number of hydrogen-bond acceptors (Lipinski definition) is 20. The van der Waals surface area contributed by atoms with E-state index in [4.69, 9.17) is 88.8 Å². The molecule has 5 amide bonds. The molecule has 7 aromatic rings. The maximum absolute atomic E-state index is 13.4. The Morgan fingerprint density at radius 2 is 0.800 bits per heavy atom. The van der Waals surface area contributed by atoms with E-state index in [1.165, 1.54) is 19.3 Å². The van der Waals surface area contributed by atoms with Crippen LogP contribution in [0.25, 0.3) is 23.3 Å². The smallest absolute Gasteiger partial charge is 0.326 e. The number of amides is 5. The molecule has 2 saturated heterocycles. The molecule has 0 radical (unpaired) electrons. The Labute approximate surface area is 636 Å². The summed E-state index contributed by atoms with van der Waals surface area (Å²) in [5.41, 5.74) is 7.81. The van der Waals surface area contributed by atoms with Crippen molar-refractivity contribution in [2.75, 3.05) is 47.4 Å². The highest BCUT2D eigenvalue weighted by molar-refractivity contribution is 8.27. The molecule has 0 unspecified atom stereocenters. The van der Waals surface area contributed by atoms with Crippen LogP contribution in [-0.2, 0) is 93.3 Å². The molecular weight excluding hydrogens is 1520 g/mol. The number of carbonyl (C=O) groups excluding carboxylic acids is 8. The first-order valence-electron chi connectivity index (χ1n) is 31.6. The van der Waals surface area contributed by atoms with Gasteiger partial charge in [-0.15, -0.1) is 11.3 Å². The number of carbonyl (C=O) groups is 11. The van der Waals surface area contributed by atoms with Gasteiger partial charge in [0.15, 0.2) is 0 Å². The highest BCUT2D eigenvalue weighted by Gasteiger charge is 2.45. The van der Waals surface area contributed by atoms with E-state index >= 15 is 0 Å². The number of nitrogens with zero attached hydrogens (tertiary/aromatic N) is 6. The molecule has 2 fully saturated rings. The summed E-state index contributed by atoms with van der Waals surface area (Å²) in [6, 6.07) is 36.8. The summed E-state index contributed by atoms with van der Waals surface area (Å²) in [5, 5.41) is 27.9. The van der Waals surface area contributed by atoms with E-state index in [0.717, 1.165) is 78.0 Å². The average Bonchev–Trinajstić information content (AvgIpc) is 1.61. The van der Waals surface area contributed by atoms with Crippen molar-refractivity contribution in [3.8, 4) is 0 Å². The number of carboxylic acid groups (broad SMARTS) is 3. The number of thiazole rings is 1. The molecule has 6 aromatic carbocycles. The number of aryl methyl sites for hydroxylation is 3. The number of esters is 3. The second kappa shape index (κ2) is 33.8. The molecule has 1 aromatic heterocycles. The van der Waals surface area contributed by atoms with Crippen molar-refractivity contribution in [2.45, 2.75) is 66.4 Å². The summed E-state index contributed by atoms with van der Waals surface area (Å²) in [7, 11) is 0. The van der Waals surface area contributed by atoms with Crippen molar-refractivity contribution in [2.24, 2.45) is 0 Å². The van der Waals surface area contributed by atoms with Crippen LogP contribution in [-0.4, -0.2) is 136 Å². The molecule has 0 spiro atoms. The van der Waals surface area contributed by atoms with Crippen molar-refractivity contribution < 1.29 is 82.3 Å². The molecule has 6 heterocycles. The Morgan fingerprint density at radius 1 is 0.438 bits per heavy atom. The third-order valence-electron chi connectivity index (χ3n) is 16.3. The van der Waals surface area contributed by atoms with Gasteiger partial charge in [-0.3, -0.25) is 86.6 Å². The topological polar surface area (TPSA) is 314 Å². The normalized spacial score (nSPS) is 16.2. The summed E-state index contributed by atoms with van der Waals surface area (Å²) in [4.78, 5) is 156. The number of benzene rings is 6. The molecule has 540 valence electrons. The van der Waals surface area contributed by atoms with Crippen molar-refractivity contribution in [1.82, 2.24) is 14.4 Å². The molecule has 105 heavy (non-hydrogen) atoms. The Bertz CT molecular complexity index is 4920.